The van der Waals surface area contributed by atoms with Gasteiger partial charge in [0.2, 0.25) is 0 Å². The van der Waals surface area contributed by atoms with Crippen LogP contribution in [0.25, 0.3) is 0 Å². The maximum Gasteiger partial charge on any atom is 0.335 e. The summed E-state index contributed by atoms with van der Waals surface area (Å²) in [6.45, 7) is 5.01. The van der Waals surface area contributed by atoms with Gasteiger partial charge < -0.3 is 14.7 Å². The van der Waals surface area contributed by atoms with Crippen LogP contribution in [0.4, 0.5) is 11.4 Å². The summed E-state index contributed by atoms with van der Waals surface area (Å²) in [6.07, 6.45) is 2.21. The fraction of sp³-hybridized carbons (Fsp3) is 0.391. The molecule has 3 rings (SSSR count). The van der Waals surface area contributed by atoms with E-state index in [1.165, 1.54) is 24.3 Å². The van der Waals surface area contributed by atoms with E-state index >= 15 is 0 Å². The van der Waals surface area contributed by atoms with E-state index in [9.17, 15) is 23.1 Å². The zero-order valence-corrected chi connectivity index (χ0v) is 19.0. The average molecular weight is 461 g/mol. The van der Waals surface area contributed by atoms with Crippen LogP contribution in [0.2, 0.25) is 0 Å². The molecule has 1 heterocycles. The van der Waals surface area contributed by atoms with Crippen LogP contribution in [0, 0.1) is 5.92 Å². The number of nitrogens with zero attached hydrogens (tertiary/aromatic N) is 1. The number of ether oxygens (including phenoxy) is 1. The third-order valence-corrected chi connectivity index (χ3v) is 6.89. The number of benzene rings is 2. The topological polar surface area (TPSA) is 113 Å². The Bertz CT molecular complexity index is 1080. The third kappa shape index (κ3) is 5.40. The van der Waals surface area contributed by atoms with Crippen LogP contribution in [0.3, 0.4) is 0 Å². The Kier molecular flexibility index (Phi) is 7.40. The Morgan fingerprint density at radius 1 is 1.16 bits per heavy atom. The van der Waals surface area contributed by atoms with E-state index in [0.717, 1.165) is 18.4 Å². The van der Waals surface area contributed by atoms with Crippen LogP contribution >= 0.6 is 0 Å². The molecule has 0 unspecified atom stereocenters. The fourth-order valence-corrected chi connectivity index (χ4v) is 4.85. The molecular formula is C23H28N2O6S. The van der Waals surface area contributed by atoms with Gasteiger partial charge in [-0.05, 0) is 62.1 Å². The van der Waals surface area contributed by atoms with Gasteiger partial charge in [0.1, 0.15) is 0 Å². The number of aromatic carboxylic acids is 1. The molecule has 2 N–H and O–H groups in total. The lowest BCUT2D eigenvalue weighted by molar-refractivity contribution is -0.148. The molecule has 2 aromatic rings. The van der Waals surface area contributed by atoms with Gasteiger partial charge in [-0.3, -0.25) is 9.52 Å². The lowest BCUT2D eigenvalue weighted by atomic mass is 9.97. The molecule has 0 aliphatic carbocycles. The average Bonchev–Trinajstić information content (AvgIpc) is 2.79. The quantitative estimate of drug-likeness (QED) is 0.580. The van der Waals surface area contributed by atoms with Crippen molar-refractivity contribution in [2.24, 2.45) is 5.92 Å². The summed E-state index contributed by atoms with van der Waals surface area (Å²) in [5.41, 5.74) is 1.66. The van der Waals surface area contributed by atoms with Gasteiger partial charge in [-0.2, -0.15) is 0 Å². The van der Waals surface area contributed by atoms with Crippen molar-refractivity contribution in [3.63, 3.8) is 0 Å². The summed E-state index contributed by atoms with van der Waals surface area (Å²) in [4.78, 5) is 25.7. The van der Waals surface area contributed by atoms with Gasteiger partial charge in [-0.1, -0.05) is 19.1 Å². The van der Waals surface area contributed by atoms with E-state index in [1.54, 1.807) is 25.1 Å². The number of piperidine rings is 1. The molecule has 0 radical (unpaired) electrons. The zero-order valence-electron chi connectivity index (χ0n) is 18.2. The molecule has 32 heavy (non-hydrogen) atoms. The number of rotatable bonds is 8. The van der Waals surface area contributed by atoms with Gasteiger partial charge >= 0.3 is 11.9 Å². The predicted molar refractivity (Wildman–Crippen MR) is 122 cm³/mol. The molecule has 0 saturated carbocycles. The van der Waals surface area contributed by atoms with Crippen molar-refractivity contribution in [2.75, 3.05) is 29.3 Å². The molecule has 9 heteroatoms. The summed E-state index contributed by atoms with van der Waals surface area (Å²) in [5, 5.41) is 9.41. The highest BCUT2D eigenvalue weighted by Gasteiger charge is 2.29. The van der Waals surface area contributed by atoms with Crippen LogP contribution in [-0.2, 0) is 26.0 Å². The summed E-state index contributed by atoms with van der Waals surface area (Å²) >= 11 is 0. The maximum absolute atomic E-state index is 13.0. The first-order valence-electron chi connectivity index (χ1n) is 10.7. The van der Waals surface area contributed by atoms with Crippen LogP contribution in [0.15, 0.2) is 47.4 Å². The number of aryl methyl sites for hydroxylation is 1. The van der Waals surface area contributed by atoms with E-state index in [0.29, 0.717) is 31.8 Å². The van der Waals surface area contributed by atoms with Gasteiger partial charge in [-0.15, -0.1) is 0 Å². The van der Waals surface area contributed by atoms with Crippen molar-refractivity contribution >= 4 is 33.3 Å². The molecule has 1 fully saturated rings. The second-order valence-electron chi connectivity index (χ2n) is 7.68. The Labute approximate surface area is 188 Å². The number of sulfonamides is 1. The second kappa shape index (κ2) is 10.0. The van der Waals surface area contributed by atoms with Crippen molar-refractivity contribution in [1.29, 1.82) is 0 Å². The van der Waals surface area contributed by atoms with Gasteiger partial charge in [0.25, 0.3) is 10.0 Å². The minimum atomic E-state index is -3.94. The van der Waals surface area contributed by atoms with Crippen LogP contribution in [-0.4, -0.2) is 45.2 Å². The monoisotopic (exact) mass is 460 g/mol. The summed E-state index contributed by atoms with van der Waals surface area (Å²) < 4.78 is 33.8. The molecular weight excluding hydrogens is 432 g/mol. The van der Waals surface area contributed by atoms with Crippen LogP contribution in [0.1, 0.15) is 42.6 Å². The van der Waals surface area contributed by atoms with Crippen LogP contribution in [0.5, 0.6) is 0 Å². The van der Waals surface area contributed by atoms with E-state index in [-0.39, 0.29) is 28.0 Å². The first-order valence-corrected chi connectivity index (χ1v) is 12.1. The highest BCUT2D eigenvalue weighted by molar-refractivity contribution is 7.92. The van der Waals surface area contributed by atoms with Crippen molar-refractivity contribution < 1.29 is 27.9 Å². The Morgan fingerprint density at radius 2 is 1.88 bits per heavy atom. The standard InChI is InChI=1S/C23H28N2O6S/c1-3-16-7-10-19(11-8-16)32(29,30)24-20-14-17(22(26)27)9-12-21(20)25-13-5-6-18(15-25)23(28)31-4-2/h7-12,14,18,24H,3-6,13,15H2,1-2H3,(H,26,27)/t18-/m0/s1. The number of carboxylic acids is 1. The fourth-order valence-electron chi connectivity index (χ4n) is 3.78. The van der Waals surface area contributed by atoms with E-state index in [2.05, 4.69) is 4.72 Å². The Hall–Kier alpha value is -3.07. The number of esters is 1. The zero-order chi connectivity index (χ0) is 23.3. The van der Waals surface area contributed by atoms with Crippen molar-refractivity contribution in [2.45, 2.75) is 38.0 Å². The number of carboxylic acid groups (broad SMARTS) is 1. The lowest BCUT2D eigenvalue weighted by Crippen LogP contribution is -2.39. The summed E-state index contributed by atoms with van der Waals surface area (Å²) in [5.74, 6) is -1.77. The Morgan fingerprint density at radius 3 is 2.50 bits per heavy atom. The molecule has 0 aromatic heterocycles. The van der Waals surface area contributed by atoms with E-state index < -0.39 is 16.0 Å². The minimum Gasteiger partial charge on any atom is -0.478 e. The van der Waals surface area contributed by atoms with Gasteiger partial charge in [0, 0.05) is 13.1 Å². The SMILES string of the molecule is CCOC(=O)[C@H]1CCCN(c2ccc(C(=O)O)cc2NS(=O)(=O)c2ccc(CC)cc2)C1. The number of carbonyl (C=O) groups excluding carboxylic acids is 1. The van der Waals surface area contributed by atoms with Crippen molar-refractivity contribution in [3.8, 4) is 0 Å². The first kappa shape index (κ1) is 23.6. The molecule has 1 atom stereocenters. The molecule has 2 aromatic carbocycles. The highest BCUT2D eigenvalue weighted by Crippen LogP contribution is 2.33. The number of anilines is 2. The number of nitrogens with one attached hydrogen (secondary N) is 1. The molecule has 1 aliphatic rings. The molecule has 1 saturated heterocycles. The molecule has 8 nitrogen and oxygen atoms in total. The van der Waals surface area contributed by atoms with Gasteiger partial charge in [0.05, 0.1) is 34.4 Å². The Balaban J connectivity index is 1.94. The van der Waals surface area contributed by atoms with Crippen molar-refractivity contribution in [1.82, 2.24) is 0 Å². The number of carbonyl (C=O) groups is 2. The van der Waals surface area contributed by atoms with E-state index in [1.807, 2.05) is 11.8 Å². The molecule has 172 valence electrons. The second-order valence-corrected chi connectivity index (χ2v) is 9.36. The molecule has 0 amide bonds. The molecule has 0 spiro atoms. The highest BCUT2D eigenvalue weighted by atomic mass is 32.2. The van der Waals surface area contributed by atoms with E-state index in [4.69, 9.17) is 4.74 Å². The summed E-state index contributed by atoms with van der Waals surface area (Å²) in [6, 6.07) is 10.9. The molecule has 1 aliphatic heterocycles. The maximum atomic E-state index is 13.0. The van der Waals surface area contributed by atoms with Gasteiger partial charge in [0.15, 0.2) is 0 Å². The smallest absolute Gasteiger partial charge is 0.335 e. The largest absolute Gasteiger partial charge is 0.478 e. The normalized spacial score (nSPS) is 16.4. The minimum absolute atomic E-state index is 0.0354. The number of hydrogen-bond donors (Lipinski definition) is 2. The molecule has 0 bridgehead atoms. The summed E-state index contributed by atoms with van der Waals surface area (Å²) in [7, 11) is -3.94. The van der Waals surface area contributed by atoms with Gasteiger partial charge in [-0.25, -0.2) is 13.2 Å². The third-order valence-electron chi connectivity index (χ3n) is 5.51. The predicted octanol–water partition coefficient (Wildman–Crippen LogP) is 3.53. The van der Waals surface area contributed by atoms with Crippen LogP contribution < -0.4 is 9.62 Å². The first-order chi connectivity index (χ1) is 15.2. The van der Waals surface area contributed by atoms with Crippen molar-refractivity contribution in [3.05, 3.63) is 53.6 Å². The number of hydrogen-bond acceptors (Lipinski definition) is 6. The lowest BCUT2D eigenvalue weighted by Gasteiger charge is -2.34.